The molecule has 1 unspecified atom stereocenters. The fourth-order valence-corrected chi connectivity index (χ4v) is 2.73. The number of hydrogen-bond acceptors (Lipinski definition) is 3. The average Bonchev–Trinajstić information content (AvgIpc) is 2.61. The summed E-state index contributed by atoms with van der Waals surface area (Å²) in [6, 6.07) is 15.1. The van der Waals surface area contributed by atoms with Crippen LogP contribution in [0.2, 0.25) is 5.02 Å². The molecule has 0 bridgehead atoms. The Morgan fingerprint density at radius 2 is 2.04 bits per heavy atom. The molecule has 2 aromatic carbocycles. The highest BCUT2D eigenvalue weighted by atomic mass is 35.5. The van der Waals surface area contributed by atoms with Crippen molar-refractivity contribution in [3.63, 3.8) is 0 Å². The third-order valence-corrected chi connectivity index (χ3v) is 4.05. The van der Waals surface area contributed by atoms with Crippen LogP contribution in [0.4, 0.5) is 0 Å². The topological polar surface area (TPSA) is 50.4 Å². The predicted molar refractivity (Wildman–Crippen MR) is 97.9 cm³/mol. The van der Waals surface area contributed by atoms with Crippen LogP contribution >= 0.6 is 24.0 Å². The average molecular weight is 367 g/mol. The maximum Gasteiger partial charge on any atom is 0.251 e. The zero-order valence-electron chi connectivity index (χ0n) is 13.1. The largest absolute Gasteiger partial charge is 0.371 e. The number of halogens is 2. The molecule has 2 aromatic rings. The summed E-state index contributed by atoms with van der Waals surface area (Å²) in [5.41, 5.74) is 2.77. The van der Waals surface area contributed by atoms with E-state index in [0.29, 0.717) is 17.1 Å². The summed E-state index contributed by atoms with van der Waals surface area (Å²) in [6.07, 6.45) is 0.110. The second kappa shape index (κ2) is 9.04. The van der Waals surface area contributed by atoms with Gasteiger partial charge < -0.3 is 15.4 Å². The predicted octanol–water partition coefficient (Wildman–Crippen LogP) is 3.35. The zero-order valence-corrected chi connectivity index (χ0v) is 14.7. The normalized spacial score (nSPS) is 17.0. The van der Waals surface area contributed by atoms with Gasteiger partial charge in [0.05, 0.1) is 12.7 Å². The smallest absolute Gasteiger partial charge is 0.251 e. The van der Waals surface area contributed by atoms with Crippen molar-refractivity contribution >= 4 is 29.9 Å². The Balaban J connectivity index is 0.00000208. The number of nitrogens with one attached hydrogen (secondary N) is 2. The Kier molecular flexibility index (Phi) is 7.06. The van der Waals surface area contributed by atoms with Crippen molar-refractivity contribution in [2.45, 2.75) is 12.6 Å². The lowest BCUT2D eigenvalue weighted by molar-refractivity contribution is 0.0277. The maximum atomic E-state index is 12.1. The Bertz CT molecular complexity index is 671. The van der Waals surface area contributed by atoms with Crippen LogP contribution in [-0.4, -0.2) is 25.6 Å². The van der Waals surface area contributed by atoms with Gasteiger partial charge >= 0.3 is 0 Å². The summed E-state index contributed by atoms with van der Waals surface area (Å²) in [6.45, 7) is 2.96. The summed E-state index contributed by atoms with van der Waals surface area (Å²) in [5.74, 6) is -0.128. The first kappa shape index (κ1) is 18.7. The lowest BCUT2D eigenvalue weighted by Crippen LogP contribution is -2.33. The Hall–Kier alpha value is -1.59. The number of amides is 1. The number of rotatable bonds is 4. The van der Waals surface area contributed by atoms with E-state index in [0.717, 1.165) is 30.8 Å². The molecule has 1 amide bonds. The molecule has 0 radical (unpaired) electrons. The van der Waals surface area contributed by atoms with Crippen LogP contribution in [0, 0.1) is 0 Å². The summed E-state index contributed by atoms with van der Waals surface area (Å²) in [4.78, 5) is 12.1. The number of hydrogen-bond donors (Lipinski definition) is 2. The summed E-state index contributed by atoms with van der Waals surface area (Å²) >= 11 is 5.90. The van der Waals surface area contributed by atoms with Gasteiger partial charge in [0, 0.05) is 30.2 Å². The molecule has 6 heteroatoms. The number of ether oxygens (including phenoxy) is 1. The van der Waals surface area contributed by atoms with Crippen LogP contribution < -0.4 is 10.6 Å². The van der Waals surface area contributed by atoms with E-state index in [1.165, 1.54) is 0 Å². The first-order chi connectivity index (χ1) is 11.2. The molecule has 128 valence electrons. The second-order valence-electron chi connectivity index (χ2n) is 5.50. The van der Waals surface area contributed by atoms with E-state index in [4.69, 9.17) is 16.3 Å². The molecule has 0 aromatic heterocycles. The Morgan fingerprint density at radius 1 is 1.25 bits per heavy atom. The molecule has 0 aliphatic carbocycles. The molecule has 1 fully saturated rings. The quantitative estimate of drug-likeness (QED) is 0.872. The van der Waals surface area contributed by atoms with Gasteiger partial charge in [0.2, 0.25) is 0 Å². The first-order valence-electron chi connectivity index (χ1n) is 7.67. The van der Waals surface area contributed by atoms with Crippen molar-refractivity contribution in [1.82, 2.24) is 10.6 Å². The molecular weight excluding hydrogens is 347 g/mol. The first-order valence-corrected chi connectivity index (χ1v) is 8.05. The van der Waals surface area contributed by atoms with E-state index in [2.05, 4.69) is 22.8 Å². The van der Waals surface area contributed by atoms with Gasteiger partial charge in [-0.3, -0.25) is 4.79 Å². The highest BCUT2D eigenvalue weighted by molar-refractivity contribution is 6.30. The molecule has 1 atom stereocenters. The fourth-order valence-electron chi connectivity index (χ4n) is 2.54. The van der Waals surface area contributed by atoms with E-state index in [1.807, 2.05) is 12.1 Å². The van der Waals surface area contributed by atoms with Gasteiger partial charge in [-0.1, -0.05) is 41.9 Å². The van der Waals surface area contributed by atoms with Crippen LogP contribution in [0.1, 0.15) is 27.6 Å². The second-order valence-corrected chi connectivity index (χ2v) is 5.93. The molecule has 4 nitrogen and oxygen atoms in total. The molecular formula is C18H20Cl2N2O2. The molecule has 1 aliphatic rings. The third-order valence-electron chi connectivity index (χ3n) is 3.82. The van der Waals surface area contributed by atoms with Crippen molar-refractivity contribution < 1.29 is 9.53 Å². The highest BCUT2D eigenvalue weighted by Gasteiger charge is 2.15. The van der Waals surface area contributed by atoms with Gasteiger partial charge in [0.15, 0.2) is 0 Å². The summed E-state index contributed by atoms with van der Waals surface area (Å²) in [7, 11) is 0. The lowest BCUT2D eigenvalue weighted by atomic mass is 10.1. The van der Waals surface area contributed by atoms with Gasteiger partial charge in [-0.25, -0.2) is 0 Å². The van der Waals surface area contributed by atoms with Gasteiger partial charge in [-0.05, 0) is 29.3 Å². The van der Waals surface area contributed by atoms with Gasteiger partial charge in [-0.2, -0.15) is 0 Å². The standard InChI is InChI=1S/C18H19ClN2O2.ClH/c19-16-3-1-2-15(10-16)18(22)21-11-13-4-6-14(7-5-13)17-12-20-8-9-23-17;/h1-7,10,17,20H,8-9,11-12H2,(H,21,22);1H. The minimum Gasteiger partial charge on any atom is -0.371 e. The Morgan fingerprint density at radius 3 is 2.71 bits per heavy atom. The highest BCUT2D eigenvalue weighted by Crippen LogP contribution is 2.19. The lowest BCUT2D eigenvalue weighted by Gasteiger charge is -2.24. The summed E-state index contributed by atoms with van der Waals surface area (Å²) < 4.78 is 5.73. The molecule has 2 N–H and O–H groups in total. The van der Waals surface area contributed by atoms with Gasteiger partial charge in [-0.15, -0.1) is 12.4 Å². The van der Waals surface area contributed by atoms with E-state index < -0.39 is 0 Å². The third kappa shape index (κ3) is 4.95. The number of carbonyl (C=O) groups excluding carboxylic acids is 1. The fraction of sp³-hybridized carbons (Fsp3) is 0.278. The Labute approximate surface area is 153 Å². The maximum absolute atomic E-state index is 12.1. The van der Waals surface area contributed by atoms with Crippen LogP contribution in [0.3, 0.4) is 0 Å². The number of carbonyl (C=O) groups is 1. The monoisotopic (exact) mass is 366 g/mol. The number of benzene rings is 2. The number of morpholine rings is 1. The van der Waals surface area contributed by atoms with Crippen LogP contribution in [0.5, 0.6) is 0 Å². The molecule has 1 saturated heterocycles. The van der Waals surface area contributed by atoms with Crippen molar-refractivity contribution in [2.24, 2.45) is 0 Å². The molecule has 24 heavy (non-hydrogen) atoms. The van der Waals surface area contributed by atoms with Crippen molar-refractivity contribution in [1.29, 1.82) is 0 Å². The summed E-state index contributed by atoms with van der Waals surface area (Å²) in [5, 5.41) is 6.78. The van der Waals surface area contributed by atoms with Crippen LogP contribution in [0.15, 0.2) is 48.5 Å². The van der Waals surface area contributed by atoms with E-state index >= 15 is 0 Å². The van der Waals surface area contributed by atoms with Crippen molar-refractivity contribution in [3.8, 4) is 0 Å². The van der Waals surface area contributed by atoms with Gasteiger partial charge in [0.25, 0.3) is 5.91 Å². The minimum absolute atomic E-state index is 0. The molecule has 1 aliphatic heterocycles. The SMILES string of the molecule is Cl.O=C(NCc1ccc(C2CNCCO2)cc1)c1cccc(Cl)c1. The van der Waals surface area contributed by atoms with Crippen LogP contribution in [0.25, 0.3) is 0 Å². The van der Waals surface area contributed by atoms with Crippen molar-refractivity contribution in [2.75, 3.05) is 19.7 Å². The van der Waals surface area contributed by atoms with E-state index in [1.54, 1.807) is 24.3 Å². The zero-order chi connectivity index (χ0) is 16.1. The van der Waals surface area contributed by atoms with Crippen LogP contribution in [-0.2, 0) is 11.3 Å². The molecule has 3 rings (SSSR count). The van der Waals surface area contributed by atoms with Crippen molar-refractivity contribution in [3.05, 3.63) is 70.2 Å². The molecule has 1 heterocycles. The van der Waals surface area contributed by atoms with Gasteiger partial charge in [0.1, 0.15) is 0 Å². The molecule has 0 saturated carbocycles. The minimum atomic E-state index is -0.128. The van der Waals surface area contributed by atoms with E-state index in [-0.39, 0.29) is 24.4 Å². The van der Waals surface area contributed by atoms with E-state index in [9.17, 15) is 4.79 Å². The molecule has 0 spiro atoms.